The highest BCUT2D eigenvalue weighted by molar-refractivity contribution is 5.91. The summed E-state index contributed by atoms with van der Waals surface area (Å²) in [5.74, 6) is 1.98. The monoisotopic (exact) mass is 325 g/mol. The lowest BCUT2D eigenvalue weighted by Gasteiger charge is -2.23. The summed E-state index contributed by atoms with van der Waals surface area (Å²) in [6, 6.07) is 11.8. The number of nitrogens with zero attached hydrogens (tertiary/aromatic N) is 1. The molecule has 1 aromatic carbocycles. The molecule has 1 aliphatic heterocycles. The number of ether oxygens (including phenoxy) is 1. The topological polar surface area (TPSA) is 42.7 Å². The number of carbonyl (C=O) groups is 1. The van der Waals surface area contributed by atoms with Crippen LogP contribution in [-0.4, -0.2) is 31.0 Å². The minimum atomic E-state index is 0.0480. The zero-order valence-electron chi connectivity index (χ0n) is 14.0. The van der Waals surface area contributed by atoms with E-state index in [1.54, 1.807) is 25.5 Å². The van der Waals surface area contributed by atoms with Crippen molar-refractivity contribution in [3.8, 4) is 5.75 Å². The Morgan fingerprint density at radius 3 is 2.79 bits per heavy atom. The van der Waals surface area contributed by atoms with E-state index in [9.17, 15) is 4.79 Å². The molecule has 2 heterocycles. The van der Waals surface area contributed by atoms with Gasteiger partial charge in [0.25, 0.3) is 0 Å². The van der Waals surface area contributed by atoms with E-state index in [1.807, 2.05) is 29.2 Å². The molecule has 126 valence electrons. The minimum absolute atomic E-state index is 0.0480. The summed E-state index contributed by atoms with van der Waals surface area (Å²) in [4.78, 5) is 14.4. The molecule has 1 saturated heterocycles. The predicted octanol–water partition coefficient (Wildman–Crippen LogP) is 4.10. The van der Waals surface area contributed by atoms with Crippen molar-refractivity contribution in [1.29, 1.82) is 0 Å². The summed E-state index contributed by atoms with van der Waals surface area (Å²) >= 11 is 0. The van der Waals surface area contributed by atoms with Crippen LogP contribution in [0.2, 0.25) is 0 Å². The van der Waals surface area contributed by atoms with Gasteiger partial charge in [-0.05, 0) is 48.7 Å². The number of amides is 1. The number of likely N-dealkylation sites (tertiary alicyclic amines) is 1. The van der Waals surface area contributed by atoms with Crippen LogP contribution in [-0.2, 0) is 4.79 Å². The number of methoxy groups -OCH3 is 1. The second kappa shape index (κ2) is 7.86. The number of rotatable bonds is 4. The van der Waals surface area contributed by atoms with E-state index in [1.165, 1.54) is 5.56 Å². The molecule has 1 amide bonds. The molecule has 0 aliphatic carbocycles. The van der Waals surface area contributed by atoms with Gasteiger partial charge in [0.2, 0.25) is 5.91 Å². The number of hydrogen-bond donors (Lipinski definition) is 0. The molecule has 4 heteroatoms. The molecule has 3 rings (SSSR count). The van der Waals surface area contributed by atoms with Crippen LogP contribution >= 0.6 is 0 Å². The van der Waals surface area contributed by atoms with Crippen LogP contribution in [0.25, 0.3) is 6.08 Å². The van der Waals surface area contributed by atoms with Gasteiger partial charge in [-0.2, -0.15) is 0 Å². The van der Waals surface area contributed by atoms with Gasteiger partial charge in [-0.3, -0.25) is 4.79 Å². The molecule has 2 aromatic rings. The van der Waals surface area contributed by atoms with Crippen LogP contribution in [0.5, 0.6) is 5.75 Å². The molecule has 0 saturated carbocycles. The second-order valence-corrected chi connectivity index (χ2v) is 6.10. The molecule has 1 unspecified atom stereocenters. The maximum atomic E-state index is 12.5. The lowest BCUT2D eigenvalue weighted by atomic mass is 9.94. The Morgan fingerprint density at radius 2 is 2.08 bits per heavy atom. The van der Waals surface area contributed by atoms with Gasteiger partial charge in [0.05, 0.1) is 13.4 Å². The third-order valence-electron chi connectivity index (χ3n) is 4.50. The molecule has 4 nitrogen and oxygen atoms in total. The van der Waals surface area contributed by atoms with E-state index in [0.717, 1.165) is 38.1 Å². The zero-order valence-corrected chi connectivity index (χ0v) is 14.0. The van der Waals surface area contributed by atoms with Crippen molar-refractivity contribution in [1.82, 2.24) is 4.90 Å². The van der Waals surface area contributed by atoms with Gasteiger partial charge in [-0.25, -0.2) is 0 Å². The lowest BCUT2D eigenvalue weighted by molar-refractivity contribution is -0.126. The molecule has 0 spiro atoms. The summed E-state index contributed by atoms with van der Waals surface area (Å²) in [5.41, 5.74) is 1.27. The zero-order chi connectivity index (χ0) is 16.8. The van der Waals surface area contributed by atoms with E-state index in [4.69, 9.17) is 9.15 Å². The lowest BCUT2D eigenvalue weighted by Crippen LogP contribution is -2.32. The van der Waals surface area contributed by atoms with Crippen molar-refractivity contribution >= 4 is 12.0 Å². The number of benzene rings is 1. The average Bonchev–Trinajstić information content (AvgIpc) is 3.02. The number of furan rings is 1. The van der Waals surface area contributed by atoms with Gasteiger partial charge in [-0.1, -0.05) is 18.6 Å². The standard InChI is InChI=1S/C20H23NO3/c1-23-18-9-7-16(8-10-18)17-5-2-3-13-21(15-17)20(22)12-11-19-6-4-14-24-19/h4,6-12,14,17H,2-3,5,13,15H2,1H3. The Labute approximate surface area is 142 Å². The van der Waals surface area contributed by atoms with E-state index >= 15 is 0 Å². The molecule has 0 bridgehead atoms. The predicted molar refractivity (Wildman–Crippen MR) is 93.9 cm³/mol. The third-order valence-corrected chi connectivity index (χ3v) is 4.50. The van der Waals surface area contributed by atoms with E-state index in [2.05, 4.69) is 12.1 Å². The Hall–Kier alpha value is -2.49. The third kappa shape index (κ3) is 4.07. The van der Waals surface area contributed by atoms with Crippen molar-refractivity contribution < 1.29 is 13.9 Å². The smallest absolute Gasteiger partial charge is 0.246 e. The summed E-state index contributed by atoms with van der Waals surface area (Å²) in [7, 11) is 1.67. The maximum absolute atomic E-state index is 12.5. The molecule has 0 radical (unpaired) electrons. The molecule has 1 aliphatic rings. The van der Waals surface area contributed by atoms with Crippen LogP contribution in [0.1, 0.15) is 36.5 Å². The summed E-state index contributed by atoms with van der Waals surface area (Å²) in [6.07, 6.45) is 8.24. The largest absolute Gasteiger partial charge is 0.497 e. The van der Waals surface area contributed by atoms with Crippen molar-refractivity contribution in [3.63, 3.8) is 0 Å². The average molecular weight is 325 g/mol. The first-order chi connectivity index (χ1) is 11.8. The molecule has 0 N–H and O–H groups in total. The summed E-state index contributed by atoms with van der Waals surface area (Å²) < 4.78 is 10.5. The first-order valence-electron chi connectivity index (χ1n) is 8.40. The van der Waals surface area contributed by atoms with Crippen LogP contribution in [0.3, 0.4) is 0 Å². The Morgan fingerprint density at radius 1 is 1.25 bits per heavy atom. The Balaban J connectivity index is 1.68. The summed E-state index contributed by atoms with van der Waals surface area (Å²) in [6.45, 7) is 1.57. The highest BCUT2D eigenvalue weighted by atomic mass is 16.5. The molecule has 1 aromatic heterocycles. The van der Waals surface area contributed by atoms with Gasteiger partial charge in [0, 0.05) is 25.1 Å². The van der Waals surface area contributed by atoms with E-state index < -0.39 is 0 Å². The highest BCUT2D eigenvalue weighted by Crippen LogP contribution is 2.28. The second-order valence-electron chi connectivity index (χ2n) is 6.10. The first-order valence-corrected chi connectivity index (χ1v) is 8.40. The van der Waals surface area contributed by atoms with E-state index in [0.29, 0.717) is 11.7 Å². The SMILES string of the molecule is COc1ccc(C2CCCCN(C(=O)C=Cc3ccco3)C2)cc1. The Kier molecular flexibility index (Phi) is 5.36. The van der Waals surface area contributed by atoms with Crippen LogP contribution in [0, 0.1) is 0 Å². The van der Waals surface area contributed by atoms with Crippen molar-refractivity contribution in [2.75, 3.05) is 20.2 Å². The molecule has 1 atom stereocenters. The van der Waals surface area contributed by atoms with Gasteiger partial charge in [0.1, 0.15) is 11.5 Å². The first kappa shape index (κ1) is 16.4. The molecular weight excluding hydrogens is 302 g/mol. The van der Waals surface area contributed by atoms with Gasteiger partial charge < -0.3 is 14.1 Å². The fourth-order valence-electron chi connectivity index (χ4n) is 3.14. The van der Waals surface area contributed by atoms with Gasteiger partial charge in [0.15, 0.2) is 0 Å². The fourth-order valence-corrected chi connectivity index (χ4v) is 3.14. The van der Waals surface area contributed by atoms with Crippen molar-refractivity contribution in [2.24, 2.45) is 0 Å². The number of hydrogen-bond acceptors (Lipinski definition) is 3. The number of carbonyl (C=O) groups excluding carboxylic acids is 1. The molecule has 1 fully saturated rings. The maximum Gasteiger partial charge on any atom is 0.246 e. The molecule has 24 heavy (non-hydrogen) atoms. The normalized spacial score (nSPS) is 18.5. The fraction of sp³-hybridized carbons (Fsp3) is 0.350. The van der Waals surface area contributed by atoms with Gasteiger partial charge >= 0.3 is 0 Å². The minimum Gasteiger partial charge on any atom is -0.497 e. The quantitative estimate of drug-likeness (QED) is 0.795. The van der Waals surface area contributed by atoms with Crippen LogP contribution in [0.15, 0.2) is 53.2 Å². The summed E-state index contributed by atoms with van der Waals surface area (Å²) in [5, 5.41) is 0. The van der Waals surface area contributed by atoms with Crippen LogP contribution < -0.4 is 4.74 Å². The highest BCUT2D eigenvalue weighted by Gasteiger charge is 2.22. The van der Waals surface area contributed by atoms with Crippen molar-refractivity contribution in [2.45, 2.75) is 25.2 Å². The Bertz CT molecular complexity index is 673. The van der Waals surface area contributed by atoms with E-state index in [-0.39, 0.29) is 5.91 Å². The molecular formula is C20H23NO3. The van der Waals surface area contributed by atoms with Gasteiger partial charge in [-0.15, -0.1) is 0 Å². The van der Waals surface area contributed by atoms with Crippen LogP contribution in [0.4, 0.5) is 0 Å². The van der Waals surface area contributed by atoms with Crippen molar-refractivity contribution in [3.05, 3.63) is 60.1 Å².